The molecule has 1 N–H and O–H groups in total. The molecule has 2 fully saturated rings. The fourth-order valence-electron chi connectivity index (χ4n) is 5.06. The van der Waals surface area contributed by atoms with E-state index >= 15 is 0 Å². The third kappa shape index (κ3) is 5.63. The summed E-state index contributed by atoms with van der Waals surface area (Å²) in [5.41, 5.74) is -0.544. The van der Waals surface area contributed by atoms with Crippen LogP contribution in [0.3, 0.4) is 0 Å². The Kier molecular flexibility index (Phi) is 7.82. The van der Waals surface area contributed by atoms with Crippen LogP contribution in [0.15, 0.2) is 29.4 Å². The van der Waals surface area contributed by atoms with Crippen molar-refractivity contribution in [2.45, 2.75) is 29.7 Å². The van der Waals surface area contributed by atoms with Gasteiger partial charge < -0.3 is 14.5 Å². The summed E-state index contributed by atoms with van der Waals surface area (Å²) in [7, 11) is -0.650. The SMILES string of the molecule is CN(C)C(=O)N1CCN(CCOc2ncnc3c2c2ccc(S(=O)(=O)NC4(C#N)CC4)cc2n3-c2nnc(C(F)F)s2)CC1. The quantitative estimate of drug-likeness (QED) is 0.286. The fraction of sp³-hybridized carbons (Fsp3) is 0.462. The standard InChI is InChI=1S/C26H28F2N10O4S2/c1-35(2)25(39)37-9-7-36(8-10-37)11-12-42-22-19-17-4-3-16(44(40,41)34-26(14-29)5-6-26)13-18(17)38(21(19)30-15-31-22)24-33-32-23(43-24)20(27)28/h3-4,13,15,20,34H,5-12H2,1-2H3. The summed E-state index contributed by atoms with van der Waals surface area (Å²) in [6.45, 7) is 3.39. The molecule has 0 spiro atoms. The van der Waals surface area contributed by atoms with Crippen LogP contribution in [0.5, 0.6) is 5.88 Å². The maximum Gasteiger partial charge on any atom is 0.319 e. The fourth-order valence-corrected chi connectivity index (χ4v) is 7.17. The Morgan fingerprint density at radius 1 is 1.20 bits per heavy atom. The highest BCUT2D eigenvalue weighted by Gasteiger charge is 2.47. The van der Waals surface area contributed by atoms with Gasteiger partial charge in [0.05, 0.1) is 21.9 Å². The second-order valence-electron chi connectivity index (χ2n) is 10.8. The molecule has 1 aliphatic heterocycles. The van der Waals surface area contributed by atoms with Crippen LogP contribution in [0.1, 0.15) is 24.3 Å². The number of fused-ring (bicyclic) bond motifs is 3. The van der Waals surface area contributed by atoms with E-state index in [0.717, 1.165) is 0 Å². The number of benzene rings is 1. The molecule has 1 aromatic carbocycles. The van der Waals surface area contributed by atoms with Crippen LogP contribution in [0, 0.1) is 11.3 Å². The van der Waals surface area contributed by atoms with Crippen molar-refractivity contribution in [1.82, 2.24) is 44.2 Å². The van der Waals surface area contributed by atoms with Crippen molar-refractivity contribution in [2.24, 2.45) is 0 Å². The molecule has 6 rings (SSSR count). The van der Waals surface area contributed by atoms with Gasteiger partial charge in [0, 0.05) is 52.2 Å². The Balaban J connectivity index is 1.32. The monoisotopic (exact) mass is 646 g/mol. The number of sulfonamides is 1. The van der Waals surface area contributed by atoms with Gasteiger partial charge in [-0.25, -0.2) is 32.0 Å². The first-order valence-corrected chi connectivity index (χ1v) is 16.0. The van der Waals surface area contributed by atoms with Crippen LogP contribution < -0.4 is 9.46 Å². The van der Waals surface area contributed by atoms with E-state index in [0.29, 0.717) is 73.2 Å². The van der Waals surface area contributed by atoms with Gasteiger partial charge in [-0.3, -0.25) is 9.47 Å². The lowest BCUT2D eigenvalue weighted by Crippen LogP contribution is -2.52. The molecule has 232 valence electrons. The zero-order valence-electron chi connectivity index (χ0n) is 23.8. The molecule has 1 aliphatic carbocycles. The largest absolute Gasteiger partial charge is 0.476 e. The maximum absolute atomic E-state index is 13.4. The average molecular weight is 647 g/mol. The normalized spacial score (nSPS) is 16.9. The maximum atomic E-state index is 13.4. The van der Waals surface area contributed by atoms with Crippen molar-refractivity contribution in [1.29, 1.82) is 5.26 Å². The van der Waals surface area contributed by atoms with Gasteiger partial charge in [0.2, 0.25) is 21.0 Å². The van der Waals surface area contributed by atoms with Crippen molar-refractivity contribution in [3.8, 4) is 17.1 Å². The van der Waals surface area contributed by atoms with Gasteiger partial charge in [0.1, 0.15) is 18.5 Å². The Labute approximate surface area is 254 Å². The molecule has 0 atom stereocenters. The Bertz CT molecular complexity index is 1880. The molecule has 1 saturated heterocycles. The van der Waals surface area contributed by atoms with Gasteiger partial charge in [-0.05, 0) is 25.0 Å². The third-order valence-electron chi connectivity index (χ3n) is 7.57. The predicted octanol–water partition coefficient (Wildman–Crippen LogP) is 2.38. The van der Waals surface area contributed by atoms with Crippen molar-refractivity contribution >= 4 is 49.3 Å². The Morgan fingerprint density at radius 2 is 1.95 bits per heavy atom. The molecule has 4 heterocycles. The number of amides is 2. The van der Waals surface area contributed by atoms with Crippen LogP contribution in [-0.2, 0) is 10.0 Å². The second kappa shape index (κ2) is 11.5. The number of nitrogens with one attached hydrogen (secondary N) is 1. The minimum absolute atomic E-state index is 0.0272. The number of piperazine rings is 1. The zero-order valence-corrected chi connectivity index (χ0v) is 25.4. The van der Waals surface area contributed by atoms with Gasteiger partial charge in [-0.1, -0.05) is 17.4 Å². The number of alkyl halides is 2. The van der Waals surface area contributed by atoms with E-state index < -0.39 is 27.0 Å². The lowest BCUT2D eigenvalue weighted by atomic mass is 10.2. The number of urea groups is 1. The summed E-state index contributed by atoms with van der Waals surface area (Å²) in [5.74, 6) is 0.230. The van der Waals surface area contributed by atoms with Crippen molar-refractivity contribution in [3.05, 3.63) is 29.5 Å². The summed E-state index contributed by atoms with van der Waals surface area (Å²) >= 11 is 0.655. The number of carbonyl (C=O) groups is 1. The average Bonchev–Trinajstić information content (AvgIpc) is 3.44. The highest BCUT2D eigenvalue weighted by atomic mass is 32.2. The van der Waals surface area contributed by atoms with Crippen LogP contribution in [0.4, 0.5) is 13.6 Å². The molecular weight excluding hydrogens is 618 g/mol. The molecule has 18 heteroatoms. The number of aromatic nitrogens is 5. The zero-order chi connectivity index (χ0) is 31.2. The smallest absolute Gasteiger partial charge is 0.319 e. The molecule has 1 saturated carbocycles. The first kappa shape index (κ1) is 30.0. The van der Waals surface area contributed by atoms with Crippen molar-refractivity contribution in [2.75, 3.05) is 53.4 Å². The Hall–Kier alpha value is -4.05. The number of carbonyl (C=O) groups excluding carboxylic acids is 1. The molecule has 44 heavy (non-hydrogen) atoms. The number of ether oxygens (including phenoxy) is 1. The van der Waals surface area contributed by atoms with Crippen LogP contribution >= 0.6 is 11.3 Å². The predicted molar refractivity (Wildman–Crippen MR) is 155 cm³/mol. The topological polar surface area (TPSA) is 162 Å². The first-order valence-electron chi connectivity index (χ1n) is 13.7. The van der Waals surface area contributed by atoms with Crippen LogP contribution in [0.2, 0.25) is 0 Å². The Morgan fingerprint density at radius 3 is 2.59 bits per heavy atom. The minimum Gasteiger partial charge on any atom is -0.476 e. The lowest BCUT2D eigenvalue weighted by molar-refractivity contribution is 0.113. The van der Waals surface area contributed by atoms with E-state index in [1.807, 2.05) is 6.07 Å². The summed E-state index contributed by atoms with van der Waals surface area (Å²) in [6.07, 6.45) is -0.748. The van der Waals surface area contributed by atoms with E-state index in [1.54, 1.807) is 30.0 Å². The molecule has 3 aromatic heterocycles. The number of hydrogen-bond donors (Lipinski definition) is 1. The number of nitriles is 1. The molecule has 0 bridgehead atoms. The van der Waals surface area contributed by atoms with E-state index in [-0.39, 0.29) is 34.2 Å². The van der Waals surface area contributed by atoms with Gasteiger partial charge in [0.25, 0.3) is 6.43 Å². The van der Waals surface area contributed by atoms with Gasteiger partial charge >= 0.3 is 6.03 Å². The molecule has 0 unspecified atom stereocenters. The molecule has 2 amide bonds. The first-order chi connectivity index (χ1) is 21.0. The molecule has 4 aromatic rings. The van der Waals surface area contributed by atoms with E-state index in [2.05, 4.69) is 29.8 Å². The van der Waals surface area contributed by atoms with Crippen LogP contribution in [-0.4, -0.2) is 113 Å². The summed E-state index contributed by atoms with van der Waals surface area (Å²) in [4.78, 5) is 26.3. The van der Waals surface area contributed by atoms with Crippen LogP contribution in [0.25, 0.3) is 27.1 Å². The summed E-state index contributed by atoms with van der Waals surface area (Å²) in [6, 6.07) is 6.34. The minimum atomic E-state index is -4.09. The summed E-state index contributed by atoms with van der Waals surface area (Å²) in [5, 5.41) is 17.5. The highest BCUT2D eigenvalue weighted by molar-refractivity contribution is 7.89. The van der Waals surface area contributed by atoms with Gasteiger partial charge in [-0.15, -0.1) is 10.2 Å². The van der Waals surface area contributed by atoms with E-state index in [9.17, 15) is 27.3 Å². The molecule has 2 aliphatic rings. The van der Waals surface area contributed by atoms with Crippen molar-refractivity contribution < 1.29 is 26.7 Å². The number of halogens is 2. The van der Waals surface area contributed by atoms with Gasteiger partial charge in [-0.2, -0.15) is 9.98 Å². The lowest BCUT2D eigenvalue weighted by Gasteiger charge is -2.35. The van der Waals surface area contributed by atoms with Crippen molar-refractivity contribution in [3.63, 3.8) is 0 Å². The number of rotatable bonds is 9. The molecular formula is C26H28F2N10O4S2. The highest BCUT2D eigenvalue weighted by Crippen LogP contribution is 2.39. The van der Waals surface area contributed by atoms with E-state index in [4.69, 9.17) is 4.74 Å². The number of hydrogen-bond acceptors (Lipinski definition) is 11. The van der Waals surface area contributed by atoms with E-state index in [1.165, 1.54) is 23.0 Å². The molecule has 0 radical (unpaired) electrons. The second-order valence-corrected chi connectivity index (χ2v) is 13.4. The third-order valence-corrected chi connectivity index (χ3v) is 10.0. The molecule has 14 nitrogen and oxygen atoms in total. The number of nitrogens with zero attached hydrogens (tertiary/aromatic N) is 9. The summed E-state index contributed by atoms with van der Waals surface area (Å²) < 4.78 is 63.3. The van der Waals surface area contributed by atoms with Gasteiger partial charge in [0.15, 0.2) is 10.7 Å².